The van der Waals surface area contributed by atoms with E-state index < -0.39 is 0 Å². The van der Waals surface area contributed by atoms with Crippen molar-refractivity contribution in [1.82, 2.24) is 10.3 Å². The summed E-state index contributed by atoms with van der Waals surface area (Å²) in [5.41, 5.74) is 2.17. The Balaban J connectivity index is 1.60. The predicted octanol–water partition coefficient (Wildman–Crippen LogP) is 2.97. The number of nitrogens with one attached hydrogen (secondary N) is 1. The van der Waals surface area contributed by atoms with Gasteiger partial charge >= 0.3 is 0 Å². The first-order valence-corrected chi connectivity index (χ1v) is 8.26. The van der Waals surface area contributed by atoms with Crippen molar-refractivity contribution in [3.8, 4) is 0 Å². The highest BCUT2D eigenvalue weighted by Gasteiger charge is 2.15. The standard InChI is InChI=1S/C19H21FN2O2/c20-17-3-1-2-15(10-17)11-18-12-16(4-7-21-18)19(23)22-13-14-5-8-24-9-6-14/h1-4,7,10,12,14H,5-6,8-9,11,13H2,(H,22,23). The van der Waals surface area contributed by atoms with Crippen molar-refractivity contribution in [2.75, 3.05) is 19.8 Å². The number of carbonyl (C=O) groups excluding carboxylic acids is 1. The average molecular weight is 328 g/mol. The van der Waals surface area contributed by atoms with E-state index in [0.29, 0.717) is 24.4 Å². The smallest absolute Gasteiger partial charge is 0.251 e. The van der Waals surface area contributed by atoms with Gasteiger partial charge in [0, 0.05) is 43.6 Å². The van der Waals surface area contributed by atoms with Crippen molar-refractivity contribution in [2.24, 2.45) is 5.92 Å². The topological polar surface area (TPSA) is 51.2 Å². The van der Waals surface area contributed by atoms with E-state index in [1.165, 1.54) is 12.1 Å². The van der Waals surface area contributed by atoms with Crippen LogP contribution in [0.2, 0.25) is 0 Å². The Morgan fingerprint density at radius 3 is 2.88 bits per heavy atom. The molecule has 0 aliphatic carbocycles. The molecule has 1 aromatic carbocycles. The number of hydrogen-bond acceptors (Lipinski definition) is 3. The second kappa shape index (κ2) is 8.02. The summed E-state index contributed by atoms with van der Waals surface area (Å²) in [4.78, 5) is 16.6. The lowest BCUT2D eigenvalue weighted by Crippen LogP contribution is -2.32. The maximum atomic E-state index is 13.3. The number of benzene rings is 1. The molecular formula is C19H21FN2O2. The zero-order chi connectivity index (χ0) is 16.8. The molecule has 5 heteroatoms. The van der Waals surface area contributed by atoms with Gasteiger partial charge in [-0.05, 0) is 48.6 Å². The van der Waals surface area contributed by atoms with E-state index in [4.69, 9.17) is 4.74 Å². The molecule has 2 aromatic rings. The minimum absolute atomic E-state index is 0.0932. The van der Waals surface area contributed by atoms with Crippen molar-refractivity contribution < 1.29 is 13.9 Å². The van der Waals surface area contributed by atoms with Crippen LogP contribution in [0.5, 0.6) is 0 Å². The SMILES string of the molecule is O=C(NCC1CCOCC1)c1ccnc(Cc2cccc(F)c2)c1. The van der Waals surface area contributed by atoms with Gasteiger partial charge in [0.25, 0.3) is 5.91 Å². The van der Waals surface area contributed by atoms with Gasteiger partial charge < -0.3 is 10.1 Å². The zero-order valence-corrected chi connectivity index (χ0v) is 13.5. The van der Waals surface area contributed by atoms with Gasteiger partial charge in [-0.3, -0.25) is 9.78 Å². The maximum absolute atomic E-state index is 13.3. The largest absolute Gasteiger partial charge is 0.381 e. The second-order valence-electron chi connectivity index (χ2n) is 6.11. The van der Waals surface area contributed by atoms with Crippen molar-refractivity contribution in [2.45, 2.75) is 19.3 Å². The molecule has 1 saturated heterocycles. The molecule has 1 fully saturated rings. The monoisotopic (exact) mass is 328 g/mol. The van der Waals surface area contributed by atoms with Gasteiger partial charge in [-0.15, -0.1) is 0 Å². The number of rotatable bonds is 5. The quantitative estimate of drug-likeness (QED) is 0.918. The van der Waals surface area contributed by atoms with Crippen molar-refractivity contribution in [1.29, 1.82) is 0 Å². The number of ether oxygens (including phenoxy) is 1. The van der Waals surface area contributed by atoms with Crippen LogP contribution in [0.1, 0.15) is 34.5 Å². The molecule has 0 atom stereocenters. The van der Waals surface area contributed by atoms with Crippen LogP contribution >= 0.6 is 0 Å². The van der Waals surface area contributed by atoms with E-state index in [9.17, 15) is 9.18 Å². The first kappa shape index (κ1) is 16.6. The van der Waals surface area contributed by atoms with Gasteiger partial charge in [-0.25, -0.2) is 4.39 Å². The molecule has 3 rings (SSSR count). The van der Waals surface area contributed by atoms with E-state index in [0.717, 1.165) is 37.3 Å². The Bertz CT molecular complexity index is 699. The molecule has 1 aliphatic heterocycles. The van der Waals surface area contributed by atoms with Gasteiger partial charge in [0.15, 0.2) is 0 Å². The fourth-order valence-corrected chi connectivity index (χ4v) is 2.86. The van der Waals surface area contributed by atoms with Gasteiger partial charge in [0.05, 0.1) is 0 Å². The Morgan fingerprint density at radius 1 is 1.25 bits per heavy atom. The van der Waals surface area contributed by atoms with Crippen LogP contribution in [0.25, 0.3) is 0 Å². The summed E-state index contributed by atoms with van der Waals surface area (Å²) in [6, 6.07) is 9.90. The van der Waals surface area contributed by atoms with Crippen LogP contribution in [0, 0.1) is 11.7 Å². The summed E-state index contributed by atoms with van der Waals surface area (Å²) in [6.45, 7) is 2.21. The zero-order valence-electron chi connectivity index (χ0n) is 13.5. The Labute approximate surface area is 141 Å². The number of pyridine rings is 1. The summed E-state index contributed by atoms with van der Waals surface area (Å²) >= 11 is 0. The molecule has 24 heavy (non-hydrogen) atoms. The number of amides is 1. The van der Waals surface area contributed by atoms with Gasteiger partial charge in [-0.2, -0.15) is 0 Å². The molecule has 0 bridgehead atoms. The Hall–Kier alpha value is -2.27. The highest BCUT2D eigenvalue weighted by molar-refractivity contribution is 5.94. The summed E-state index contributed by atoms with van der Waals surface area (Å²) in [6.07, 6.45) is 4.10. The molecule has 1 aliphatic rings. The predicted molar refractivity (Wildman–Crippen MR) is 89.3 cm³/mol. The van der Waals surface area contributed by atoms with Crippen LogP contribution < -0.4 is 5.32 Å². The number of aromatic nitrogens is 1. The lowest BCUT2D eigenvalue weighted by Gasteiger charge is -2.22. The maximum Gasteiger partial charge on any atom is 0.251 e. The fourth-order valence-electron chi connectivity index (χ4n) is 2.86. The molecule has 2 heterocycles. The minimum Gasteiger partial charge on any atom is -0.381 e. The summed E-state index contributed by atoms with van der Waals surface area (Å²) in [7, 11) is 0. The van der Waals surface area contributed by atoms with Gasteiger partial charge in [0.2, 0.25) is 0 Å². The molecule has 0 spiro atoms. The van der Waals surface area contributed by atoms with Gasteiger partial charge in [0.1, 0.15) is 5.82 Å². The highest BCUT2D eigenvalue weighted by atomic mass is 19.1. The van der Waals surface area contributed by atoms with Crippen LogP contribution in [-0.2, 0) is 11.2 Å². The number of nitrogens with zero attached hydrogens (tertiary/aromatic N) is 1. The Morgan fingerprint density at radius 2 is 2.08 bits per heavy atom. The van der Waals surface area contributed by atoms with E-state index in [2.05, 4.69) is 10.3 Å². The first-order valence-electron chi connectivity index (χ1n) is 8.26. The highest BCUT2D eigenvalue weighted by Crippen LogP contribution is 2.14. The second-order valence-corrected chi connectivity index (χ2v) is 6.11. The third-order valence-corrected chi connectivity index (χ3v) is 4.25. The lowest BCUT2D eigenvalue weighted by atomic mass is 10.0. The third kappa shape index (κ3) is 4.61. The summed E-state index contributed by atoms with van der Waals surface area (Å²) in [5, 5.41) is 2.99. The number of hydrogen-bond donors (Lipinski definition) is 1. The van der Waals surface area contributed by atoms with E-state index in [-0.39, 0.29) is 11.7 Å². The van der Waals surface area contributed by atoms with Crippen molar-refractivity contribution in [3.63, 3.8) is 0 Å². The van der Waals surface area contributed by atoms with Crippen LogP contribution in [0.15, 0.2) is 42.6 Å². The normalized spacial score (nSPS) is 15.2. The molecular weight excluding hydrogens is 307 g/mol. The minimum atomic E-state index is -0.266. The van der Waals surface area contributed by atoms with Crippen molar-refractivity contribution >= 4 is 5.91 Å². The Kier molecular flexibility index (Phi) is 5.54. The molecule has 1 amide bonds. The van der Waals surface area contributed by atoms with E-state index in [1.54, 1.807) is 24.4 Å². The molecule has 1 aromatic heterocycles. The van der Waals surface area contributed by atoms with Crippen LogP contribution in [0.3, 0.4) is 0 Å². The number of halogens is 1. The summed E-state index contributed by atoms with van der Waals surface area (Å²) in [5.74, 6) is 0.124. The molecule has 0 radical (unpaired) electrons. The average Bonchev–Trinajstić information content (AvgIpc) is 2.61. The molecule has 0 unspecified atom stereocenters. The molecule has 4 nitrogen and oxygen atoms in total. The molecule has 0 saturated carbocycles. The fraction of sp³-hybridized carbons (Fsp3) is 0.368. The summed E-state index contributed by atoms with van der Waals surface area (Å²) < 4.78 is 18.6. The third-order valence-electron chi connectivity index (χ3n) is 4.25. The molecule has 126 valence electrons. The van der Waals surface area contributed by atoms with E-state index in [1.807, 2.05) is 6.07 Å². The van der Waals surface area contributed by atoms with Crippen molar-refractivity contribution in [3.05, 3.63) is 65.2 Å². The first-order chi connectivity index (χ1) is 11.7. The van der Waals surface area contributed by atoms with E-state index >= 15 is 0 Å². The van der Waals surface area contributed by atoms with Crippen LogP contribution in [-0.4, -0.2) is 30.6 Å². The van der Waals surface area contributed by atoms with Gasteiger partial charge in [-0.1, -0.05) is 12.1 Å². The number of carbonyl (C=O) groups is 1. The lowest BCUT2D eigenvalue weighted by molar-refractivity contribution is 0.0642. The van der Waals surface area contributed by atoms with Crippen LogP contribution in [0.4, 0.5) is 4.39 Å². The molecule has 1 N–H and O–H groups in total.